The Balaban J connectivity index is 2.37. The molecule has 0 aromatic heterocycles. The fourth-order valence-corrected chi connectivity index (χ4v) is 3.07. The molecule has 0 heterocycles. The Morgan fingerprint density at radius 3 is 2.45 bits per heavy atom. The van der Waals surface area contributed by atoms with Crippen LogP contribution in [0.5, 0.6) is 0 Å². The van der Waals surface area contributed by atoms with E-state index in [1.165, 1.54) is 0 Å². The van der Waals surface area contributed by atoms with E-state index in [-0.39, 0.29) is 16.5 Å². The van der Waals surface area contributed by atoms with Gasteiger partial charge in [-0.2, -0.15) is 0 Å². The average molecular weight is 340 g/mol. The summed E-state index contributed by atoms with van der Waals surface area (Å²) in [5.41, 5.74) is -0.467. The third-order valence-electron chi connectivity index (χ3n) is 3.33. The second-order valence-corrected chi connectivity index (χ2v) is 8.39. The molecule has 0 radical (unpaired) electrons. The molecule has 1 amide bonds. The Morgan fingerprint density at radius 2 is 2.00 bits per heavy atom. The molecule has 4 nitrogen and oxygen atoms in total. The molecule has 1 aromatic rings. The summed E-state index contributed by atoms with van der Waals surface area (Å²) in [7, 11) is 0.803. The van der Waals surface area contributed by atoms with E-state index in [2.05, 4.69) is 5.32 Å². The molecular weight excluding hydrogens is 328 g/mol. The summed E-state index contributed by atoms with van der Waals surface area (Å²) in [6.07, 6.45) is 0.779. The highest BCUT2D eigenvalue weighted by atomic mass is 35.7. The number of benzene rings is 1. The van der Waals surface area contributed by atoms with Crippen LogP contribution in [-0.2, 0) is 9.05 Å². The lowest BCUT2D eigenvalue weighted by Gasteiger charge is -2.10. The maximum atomic E-state index is 14.1. The van der Waals surface area contributed by atoms with Crippen molar-refractivity contribution in [1.82, 2.24) is 5.32 Å². The van der Waals surface area contributed by atoms with Crippen LogP contribution in [0.1, 0.15) is 30.6 Å². The van der Waals surface area contributed by atoms with Gasteiger partial charge in [0.05, 0.1) is 5.56 Å². The van der Waals surface area contributed by atoms with Crippen LogP contribution in [-0.4, -0.2) is 20.4 Å². The van der Waals surface area contributed by atoms with Gasteiger partial charge in [-0.15, -0.1) is 0 Å². The van der Waals surface area contributed by atoms with Crippen molar-refractivity contribution >= 4 is 37.2 Å². The first-order valence-corrected chi connectivity index (χ1v) is 8.46. The maximum absolute atomic E-state index is 14.1. The third kappa shape index (κ3) is 3.07. The highest BCUT2D eigenvalue weighted by Crippen LogP contribution is 2.44. The van der Waals surface area contributed by atoms with Crippen molar-refractivity contribution in [2.45, 2.75) is 31.2 Å². The van der Waals surface area contributed by atoms with E-state index in [0.717, 1.165) is 18.6 Å². The Kier molecular flexibility index (Phi) is 3.77. The van der Waals surface area contributed by atoms with Crippen LogP contribution in [0, 0.1) is 11.2 Å². The molecule has 8 heteroatoms. The molecule has 1 aromatic carbocycles. The minimum absolute atomic E-state index is 0.0356. The molecule has 1 aliphatic carbocycles. The third-order valence-corrected chi connectivity index (χ3v) is 4.87. The maximum Gasteiger partial charge on any atom is 0.264 e. The van der Waals surface area contributed by atoms with Gasteiger partial charge in [0.1, 0.15) is 4.90 Å². The number of hydrogen-bond donors (Lipinski definition) is 1. The van der Waals surface area contributed by atoms with Gasteiger partial charge in [-0.1, -0.05) is 25.4 Å². The van der Waals surface area contributed by atoms with Crippen molar-refractivity contribution in [3.63, 3.8) is 0 Å². The van der Waals surface area contributed by atoms with Crippen LogP contribution in [0.25, 0.3) is 0 Å². The molecule has 110 valence electrons. The minimum atomic E-state index is -4.31. The summed E-state index contributed by atoms with van der Waals surface area (Å²) in [5.74, 6) is -1.90. The van der Waals surface area contributed by atoms with Gasteiger partial charge in [-0.05, 0) is 24.0 Å². The summed E-state index contributed by atoms with van der Waals surface area (Å²) < 4.78 is 36.6. The largest absolute Gasteiger partial charge is 0.349 e. The number of carbonyl (C=O) groups is 1. The van der Waals surface area contributed by atoms with Gasteiger partial charge in [0, 0.05) is 21.7 Å². The van der Waals surface area contributed by atoms with E-state index < -0.39 is 31.2 Å². The highest BCUT2D eigenvalue weighted by molar-refractivity contribution is 8.13. The predicted molar refractivity (Wildman–Crippen MR) is 74.1 cm³/mol. The zero-order chi connectivity index (χ0) is 15.3. The molecule has 0 spiro atoms. The Bertz CT molecular complexity index is 688. The molecule has 0 bridgehead atoms. The molecule has 0 aliphatic heterocycles. The van der Waals surface area contributed by atoms with E-state index >= 15 is 0 Å². The van der Waals surface area contributed by atoms with Gasteiger partial charge in [0.2, 0.25) is 0 Å². The smallest absolute Gasteiger partial charge is 0.264 e. The molecular formula is C12H12Cl2FNO3S. The van der Waals surface area contributed by atoms with Crippen molar-refractivity contribution in [2.75, 3.05) is 0 Å². The fourth-order valence-electron chi connectivity index (χ4n) is 1.86. The molecule has 1 aliphatic rings. The summed E-state index contributed by atoms with van der Waals surface area (Å²) in [6.45, 7) is 3.92. The number of nitrogens with one attached hydrogen (secondary N) is 1. The number of hydrogen-bond acceptors (Lipinski definition) is 3. The normalized spacial score (nSPS) is 20.6. The van der Waals surface area contributed by atoms with E-state index in [9.17, 15) is 17.6 Å². The lowest BCUT2D eigenvalue weighted by Crippen LogP contribution is -2.29. The minimum Gasteiger partial charge on any atom is -0.349 e. The molecule has 1 N–H and O–H groups in total. The van der Waals surface area contributed by atoms with Crippen LogP contribution < -0.4 is 5.32 Å². The van der Waals surface area contributed by atoms with Crippen LogP contribution in [0.3, 0.4) is 0 Å². The van der Waals surface area contributed by atoms with Crippen LogP contribution in [0.15, 0.2) is 17.0 Å². The van der Waals surface area contributed by atoms with Crippen LogP contribution >= 0.6 is 22.3 Å². The average Bonchev–Trinajstić information content (AvgIpc) is 2.87. The van der Waals surface area contributed by atoms with Crippen molar-refractivity contribution in [2.24, 2.45) is 5.41 Å². The van der Waals surface area contributed by atoms with Gasteiger partial charge in [0.25, 0.3) is 15.0 Å². The molecule has 0 saturated heterocycles. The lowest BCUT2D eigenvalue weighted by molar-refractivity contribution is 0.0941. The summed E-state index contributed by atoms with van der Waals surface area (Å²) >= 11 is 5.71. The summed E-state index contributed by atoms with van der Waals surface area (Å²) in [6, 6.07) is 1.88. The number of amides is 1. The van der Waals surface area contributed by atoms with Crippen LogP contribution in [0.4, 0.5) is 4.39 Å². The predicted octanol–water partition coefficient (Wildman–Crippen LogP) is 2.93. The highest BCUT2D eigenvalue weighted by Gasteiger charge is 2.46. The molecule has 1 saturated carbocycles. The molecule has 1 fully saturated rings. The van der Waals surface area contributed by atoms with Crippen LogP contribution in [0.2, 0.25) is 5.02 Å². The summed E-state index contributed by atoms with van der Waals surface area (Å²) in [5, 5.41) is 2.55. The van der Waals surface area contributed by atoms with Crippen molar-refractivity contribution in [3.8, 4) is 0 Å². The van der Waals surface area contributed by atoms with Crippen molar-refractivity contribution in [3.05, 3.63) is 28.5 Å². The quantitative estimate of drug-likeness (QED) is 0.861. The zero-order valence-corrected chi connectivity index (χ0v) is 13.0. The Morgan fingerprint density at radius 1 is 1.45 bits per heavy atom. The Hall–Kier alpha value is -0.850. The topological polar surface area (TPSA) is 63.2 Å². The van der Waals surface area contributed by atoms with E-state index in [4.69, 9.17) is 22.3 Å². The van der Waals surface area contributed by atoms with Crippen molar-refractivity contribution < 1.29 is 17.6 Å². The SMILES string of the molecule is CC1(C)CC1NC(=O)c1cc(Cl)cc(S(=O)(=O)Cl)c1F. The second-order valence-electron chi connectivity index (χ2n) is 5.42. The second kappa shape index (κ2) is 4.86. The molecule has 20 heavy (non-hydrogen) atoms. The first kappa shape index (κ1) is 15.5. The van der Waals surface area contributed by atoms with Crippen molar-refractivity contribution in [1.29, 1.82) is 0 Å². The first-order valence-electron chi connectivity index (χ1n) is 5.77. The van der Waals surface area contributed by atoms with E-state index in [1.54, 1.807) is 0 Å². The van der Waals surface area contributed by atoms with E-state index in [0.29, 0.717) is 0 Å². The first-order chi connectivity index (χ1) is 9.02. The standard InChI is InChI=1S/C12H12Cl2FNO3S/c1-12(2)5-9(12)16-11(17)7-3-6(13)4-8(10(7)15)20(14,18)19/h3-4,9H,5H2,1-2H3,(H,16,17). The van der Waals surface area contributed by atoms with E-state index in [1.807, 2.05) is 13.8 Å². The molecule has 1 unspecified atom stereocenters. The van der Waals surface area contributed by atoms with Gasteiger partial charge < -0.3 is 5.32 Å². The molecule has 2 rings (SSSR count). The fraction of sp³-hybridized carbons (Fsp3) is 0.417. The number of halogens is 3. The zero-order valence-electron chi connectivity index (χ0n) is 10.7. The van der Waals surface area contributed by atoms with Gasteiger partial charge in [-0.25, -0.2) is 12.8 Å². The molecule has 1 atom stereocenters. The van der Waals surface area contributed by atoms with Gasteiger partial charge in [0.15, 0.2) is 5.82 Å². The Labute approximate surface area is 125 Å². The summed E-state index contributed by atoms with van der Waals surface area (Å²) in [4.78, 5) is 11.2. The monoisotopic (exact) mass is 339 g/mol. The number of rotatable bonds is 3. The lowest BCUT2D eigenvalue weighted by atomic mass is 10.1. The van der Waals surface area contributed by atoms with Gasteiger partial charge in [-0.3, -0.25) is 4.79 Å². The van der Waals surface area contributed by atoms with Gasteiger partial charge >= 0.3 is 0 Å². The number of carbonyl (C=O) groups excluding carboxylic acids is 1.